The van der Waals surface area contributed by atoms with Crippen LogP contribution in [0.3, 0.4) is 0 Å². The van der Waals surface area contributed by atoms with E-state index in [1.165, 1.54) is 0 Å². The van der Waals surface area contributed by atoms with Gasteiger partial charge in [-0.2, -0.15) is 0 Å². The predicted molar refractivity (Wildman–Crippen MR) is 96.7 cm³/mol. The van der Waals surface area contributed by atoms with Gasteiger partial charge in [0.25, 0.3) is 5.56 Å². The van der Waals surface area contributed by atoms with Crippen LogP contribution in [0.4, 0.5) is 0 Å². The molecule has 4 heterocycles. The van der Waals surface area contributed by atoms with Gasteiger partial charge in [-0.3, -0.25) is 14.3 Å². The average Bonchev–Trinajstić information content (AvgIpc) is 3.16. The van der Waals surface area contributed by atoms with Crippen molar-refractivity contribution in [3.63, 3.8) is 0 Å². The highest BCUT2D eigenvalue weighted by Crippen LogP contribution is 2.15. The van der Waals surface area contributed by atoms with Crippen molar-refractivity contribution in [1.29, 1.82) is 0 Å². The molecule has 0 atom stereocenters. The number of nitrogens with zero attached hydrogens (tertiary/aromatic N) is 3. The molecule has 4 rings (SSSR count). The van der Waals surface area contributed by atoms with E-state index in [4.69, 9.17) is 4.74 Å². The summed E-state index contributed by atoms with van der Waals surface area (Å²) in [4.78, 5) is 25.5. The summed E-state index contributed by atoms with van der Waals surface area (Å²) in [5.41, 5.74) is 2.32. The summed E-state index contributed by atoms with van der Waals surface area (Å²) in [6, 6.07) is 3.87. The first-order valence-corrected chi connectivity index (χ1v) is 8.44. The molecule has 0 unspecified atom stereocenters. The van der Waals surface area contributed by atoms with Crippen LogP contribution >= 0.6 is 0 Å². The van der Waals surface area contributed by atoms with Crippen LogP contribution in [0.25, 0.3) is 23.7 Å². The van der Waals surface area contributed by atoms with Crippen molar-refractivity contribution in [3.8, 4) is 0 Å². The molecule has 25 heavy (non-hydrogen) atoms. The summed E-state index contributed by atoms with van der Waals surface area (Å²) in [5.74, 6) is 0. The van der Waals surface area contributed by atoms with E-state index in [0.29, 0.717) is 17.4 Å². The van der Waals surface area contributed by atoms with Crippen LogP contribution in [0, 0.1) is 0 Å². The van der Waals surface area contributed by atoms with Gasteiger partial charge < -0.3 is 14.7 Å². The second kappa shape index (κ2) is 6.70. The average molecular weight is 339 g/mol. The third-order valence-corrected chi connectivity index (χ3v) is 4.61. The van der Waals surface area contributed by atoms with Gasteiger partial charge in [0.1, 0.15) is 16.5 Å². The molecule has 0 bridgehead atoms. The molecule has 7 heteroatoms. The molecule has 1 aliphatic rings. The number of hydrogen-bond donors (Lipinski definition) is 2. The molecular formula is C18H21N5O2. The van der Waals surface area contributed by atoms with Crippen molar-refractivity contribution in [2.24, 2.45) is 0 Å². The Hall–Kier alpha value is -2.64. The standard InChI is InChI=1S/C18H21N5O2/c1-13-21-16(11-14-12-20-17-15(14)3-2-4-19-17)18(24)23(13)6-5-22-7-9-25-10-8-22/h2-4,11-12,21H,1,5-10H2,(H,19,20). The Bertz CT molecular complexity index is 1040. The van der Waals surface area contributed by atoms with Crippen molar-refractivity contribution in [3.05, 3.63) is 51.3 Å². The lowest BCUT2D eigenvalue weighted by molar-refractivity contribution is 0.0362. The topological polar surface area (TPSA) is 78.9 Å². The Kier molecular flexibility index (Phi) is 4.25. The number of H-pyrrole nitrogens is 2. The van der Waals surface area contributed by atoms with Crippen molar-refractivity contribution < 1.29 is 4.74 Å². The molecule has 0 aliphatic carbocycles. The lowest BCUT2D eigenvalue weighted by atomic mass is 10.2. The van der Waals surface area contributed by atoms with Gasteiger partial charge in [0.2, 0.25) is 0 Å². The fourth-order valence-electron chi connectivity index (χ4n) is 3.20. The van der Waals surface area contributed by atoms with E-state index in [0.717, 1.165) is 49.4 Å². The second-order valence-electron chi connectivity index (χ2n) is 6.18. The zero-order valence-corrected chi connectivity index (χ0v) is 14.0. The van der Waals surface area contributed by atoms with Crippen LogP contribution in [-0.4, -0.2) is 57.3 Å². The first kappa shape index (κ1) is 15.9. The minimum atomic E-state index is -0.0449. The Morgan fingerprint density at radius 1 is 1.32 bits per heavy atom. The third kappa shape index (κ3) is 3.16. The van der Waals surface area contributed by atoms with Crippen LogP contribution < -0.4 is 16.4 Å². The maximum atomic E-state index is 12.7. The van der Waals surface area contributed by atoms with Gasteiger partial charge in [-0.25, -0.2) is 4.98 Å². The van der Waals surface area contributed by atoms with Crippen LogP contribution in [0.15, 0.2) is 29.3 Å². The summed E-state index contributed by atoms with van der Waals surface area (Å²) in [5, 5.41) is 1.53. The van der Waals surface area contributed by atoms with E-state index >= 15 is 0 Å². The molecule has 0 radical (unpaired) electrons. The summed E-state index contributed by atoms with van der Waals surface area (Å²) in [7, 11) is 0. The zero-order valence-electron chi connectivity index (χ0n) is 14.0. The lowest BCUT2D eigenvalue weighted by Gasteiger charge is -2.26. The van der Waals surface area contributed by atoms with E-state index in [1.54, 1.807) is 10.8 Å². The van der Waals surface area contributed by atoms with Crippen molar-refractivity contribution in [2.75, 3.05) is 32.8 Å². The number of imidazole rings is 1. The molecule has 0 aromatic carbocycles. The molecule has 3 aromatic heterocycles. The van der Waals surface area contributed by atoms with Gasteiger partial charge in [0.05, 0.1) is 13.2 Å². The smallest absolute Gasteiger partial charge is 0.275 e. The van der Waals surface area contributed by atoms with Crippen molar-refractivity contribution in [1.82, 2.24) is 24.4 Å². The predicted octanol–water partition coefficient (Wildman–Crippen LogP) is -0.376. The van der Waals surface area contributed by atoms with Gasteiger partial charge in [-0.15, -0.1) is 0 Å². The van der Waals surface area contributed by atoms with Crippen molar-refractivity contribution in [2.45, 2.75) is 6.54 Å². The number of fused-ring (bicyclic) bond motifs is 1. The van der Waals surface area contributed by atoms with Gasteiger partial charge in [0.15, 0.2) is 0 Å². The Morgan fingerprint density at radius 3 is 3.00 bits per heavy atom. The van der Waals surface area contributed by atoms with Crippen LogP contribution in [0.2, 0.25) is 0 Å². The Balaban J connectivity index is 1.63. The SMILES string of the molecule is C=c1[nH]c(=Cc2c[nH]c3ncccc23)c(=O)n1CCN1CCOCC1. The summed E-state index contributed by atoms with van der Waals surface area (Å²) in [6.07, 6.45) is 5.45. The summed E-state index contributed by atoms with van der Waals surface area (Å²) in [6.45, 7) is 8.76. The highest BCUT2D eigenvalue weighted by atomic mass is 16.5. The Labute approximate surface area is 144 Å². The summed E-state index contributed by atoms with van der Waals surface area (Å²) < 4.78 is 7.06. The molecule has 0 spiro atoms. The summed E-state index contributed by atoms with van der Waals surface area (Å²) >= 11 is 0. The van der Waals surface area contributed by atoms with Gasteiger partial charge in [0, 0.05) is 49.5 Å². The quantitative estimate of drug-likeness (QED) is 0.679. The van der Waals surface area contributed by atoms with Gasteiger partial charge in [-0.1, -0.05) is 6.58 Å². The molecule has 1 aliphatic heterocycles. The fraction of sp³-hybridized carbons (Fsp3) is 0.333. The van der Waals surface area contributed by atoms with E-state index in [2.05, 4.69) is 26.4 Å². The normalized spacial score (nSPS) is 16.7. The second-order valence-corrected chi connectivity index (χ2v) is 6.18. The number of aromatic nitrogens is 4. The largest absolute Gasteiger partial charge is 0.379 e. The van der Waals surface area contributed by atoms with E-state index in [-0.39, 0.29) is 5.56 Å². The molecule has 0 saturated carbocycles. The highest BCUT2D eigenvalue weighted by Gasteiger charge is 2.11. The lowest BCUT2D eigenvalue weighted by Crippen LogP contribution is -2.41. The minimum absolute atomic E-state index is 0.0449. The number of nitrogens with one attached hydrogen (secondary N) is 2. The first-order chi connectivity index (χ1) is 12.2. The first-order valence-electron chi connectivity index (χ1n) is 8.44. The number of ether oxygens (including phenoxy) is 1. The van der Waals surface area contributed by atoms with Gasteiger partial charge in [-0.05, 0) is 18.2 Å². The minimum Gasteiger partial charge on any atom is -0.379 e. The Morgan fingerprint density at radius 2 is 2.16 bits per heavy atom. The zero-order chi connectivity index (χ0) is 17.2. The van der Waals surface area contributed by atoms with Crippen LogP contribution in [0.1, 0.15) is 5.56 Å². The molecular weight excluding hydrogens is 318 g/mol. The number of rotatable bonds is 4. The van der Waals surface area contributed by atoms with Crippen LogP contribution in [0.5, 0.6) is 0 Å². The molecule has 7 nitrogen and oxygen atoms in total. The van der Waals surface area contributed by atoms with E-state index < -0.39 is 0 Å². The number of pyridine rings is 1. The molecule has 3 aromatic rings. The van der Waals surface area contributed by atoms with Crippen LogP contribution in [-0.2, 0) is 11.3 Å². The monoisotopic (exact) mass is 339 g/mol. The number of morpholine rings is 1. The van der Waals surface area contributed by atoms with Crippen molar-refractivity contribution >= 4 is 23.7 Å². The van der Waals surface area contributed by atoms with Gasteiger partial charge >= 0.3 is 0 Å². The fourth-order valence-corrected chi connectivity index (χ4v) is 3.20. The van der Waals surface area contributed by atoms with E-state index in [1.807, 2.05) is 24.4 Å². The molecule has 1 fully saturated rings. The number of hydrogen-bond acceptors (Lipinski definition) is 4. The van der Waals surface area contributed by atoms with E-state index in [9.17, 15) is 4.79 Å². The maximum absolute atomic E-state index is 12.7. The molecule has 0 amide bonds. The molecule has 130 valence electrons. The third-order valence-electron chi connectivity index (χ3n) is 4.61. The molecule has 1 saturated heterocycles. The number of aromatic amines is 2. The molecule has 2 N–H and O–H groups in total. The highest BCUT2D eigenvalue weighted by molar-refractivity contribution is 5.85. The maximum Gasteiger partial charge on any atom is 0.275 e.